The molecule has 31 heavy (non-hydrogen) atoms. The monoisotopic (exact) mass is 413 g/mol. The molecule has 0 bridgehead atoms. The summed E-state index contributed by atoms with van der Waals surface area (Å²) in [6.07, 6.45) is 3.35. The SMILES string of the molecule is Cc1ccc2cc(-c3cc(NC[C@@H](C)c4ccnc5c4OCCO5)ncn3)ccc2n1. The zero-order valence-corrected chi connectivity index (χ0v) is 17.5. The molecule has 0 aliphatic carbocycles. The molecule has 1 N–H and O–H groups in total. The molecule has 0 amide bonds. The molecule has 0 saturated carbocycles. The van der Waals surface area contributed by atoms with Crippen LogP contribution in [0.15, 0.2) is 55.0 Å². The number of anilines is 1. The molecule has 0 fully saturated rings. The van der Waals surface area contributed by atoms with Crippen LogP contribution < -0.4 is 14.8 Å². The Morgan fingerprint density at radius 3 is 2.84 bits per heavy atom. The van der Waals surface area contributed by atoms with E-state index in [0.717, 1.165) is 45.0 Å². The quantitative estimate of drug-likeness (QED) is 0.520. The number of rotatable bonds is 5. The van der Waals surface area contributed by atoms with Crippen molar-refractivity contribution in [3.8, 4) is 22.9 Å². The van der Waals surface area contributed by atoms with Crippen molar-refractivity contribution in [2.24, 2.45) is 0 Å². The Kier molecular flexibility index (Phi) is 5.08. The van der Waals surface area contributed by atoms with E-state index in [2.05, 4.69) is 44.3 Å². The summed E-state index contributed by atoms with van der Waals surface area (Å²) in [5, 5.41) is 4.52. The summed E-state index contributed by atoms with van der Waals surface area (Å²) in [5.41, 5.74) is 4.96. The van der Waals surface area contributed by atoms with Crippen LogP contribution in [0.2, 0.25) is 0 Å². The van der Waals surface area contributed by atoms with Gasteiger partial charge in [0.1, 0.15) is 25.4 Å². The Labute approximate surface area is 180 Å². The fraction of sp³-hybridized carbons (Fsp3) is 0.250. The van der Waals surface area contributed by atoms with E-state index in [0.29, 0.717) is 25.6 Å². The Hall–Kier alpha value is -3.74. The Morgan fingerprint density at radius 1 is 1.00 bits per heavy atom. The first kappa shape index (κ1) is 19.2. The molecule has 0 saturated heterocycles. The highest BCUT2D eigenvalue weighted by molar-refractivity contribution is 5.84. The average Bonchev–Trinajstić information content (AvgIpc) is 2.82. The lowest BCUT2D eigenvalue weighted by Gasteiger charge is -2.22. The molecule has 7 nitrogen and oxygen atoms in total. The lowest BCUT2D eigenvalue weighted by molar-refractivity contribution is 0.162. The molecule has 1 aliphatic heterocycles. The van der Waals surface area contributed by atoms with Crippen LogP contribution >= 0.6 is 0 Å². The second kappa shape index (κ2) is 8.18. The van der Waals surface area contributed by atoms with Gasteiger partial charge < -0.3 is 14.8 Å². The summed E-state index contributed by atoms with van der Waals surface area (Å²) in [7, 11) is 0. The first-order chi connectivity index (χ1) is 15.2. The van der Waals surface area contributed by atoms with Crippen LogP contribution in [0.25, 0.3) is 22.2 Å². The normalized spacial score (nSPS) is 13.7. The molecule has 4 aromatic rings. The van der Waals surface area contributed by atoms with E-state index in [1.54, 1.807) is 12.5 Å². The zero-order valence-electron chi connectivity index (χ0n) is 17.5. The van der Waals surface area contributed by atoms with Crippen molar-refractivity contribution in [1.29, 1.82) is 0 Å². The minimum atomic E-state index is 0.187. The molecule has 7 heteroatoms. The van der Waals surface area contributed by atoms with Gasteiger partial charge >= 0.3 is 0 Å². The maximum absolute atomic E-state index is 5.80. The van der Waals surface area contributed by atoms with Gasteiger partial charge in [-0.3, -0.25) is 4.98 Å². The molecule has 1 aromatic carbocycles. The largest absolute Gasteiger partial charge is 0.484 e. The van der Waals surface area contributed by atoms with Gasteiger partial charge in [-0.15, -0.1) is 0 Å². The number of nitrogens with zero attached hydrogens (tertiary/aromatic N) is 4. The highest BCUT2D eigenvalue weighted by Gasteiger charge is 2.20. The number of ether oxygens (including phenoxy) is 2. The number of fused-ring (bicyclic) bond motifs is 2. The zero-order chi connectivity index (χ0) is 21.2. The number of benzene rings is 1. The minimum absolute atomic E-state index is 0.187. The molecule has 4 heterocycles. The molecule has 0 unspecified atom stereocenters. The summed E-state index contributed by atoms with van der Waals surface area (Å²) in [5.74, 6) is 2.28. The van der Waals surface area contributed by atoms with E-state index < -0.39 is 0 Å². The summed E-state index contributed by atoms with van der Waals surface area (Å²) in [4.78, 5) is 17.7. The predicted molar refractivity (Wildman–Crippen MR) is 120 cm³/mol. The number of nitrogens with one attached hydrogen (secondary N) is 1. The van der Waals surface area contributed by atoms with Crippen molar-refractivity contribution >= 4 is 16.7 Å². The summed E-state index contributed by atoms with van der Waals surface area (Å²) >= 11 is 0. The van der Waals surface area contributed by atoms with Crippen LogP contribution in [0, 0.1) is 6.92 Å². The van der Waals surface area contributed by atoms with Gasteiger partial charge in [0.25, 0.3) is 5.88 Å². The third kappa shape index (κ3) is 3.99. The van der Waals surface area contributed by atoms with Crippen LogP contribution in [-0.4, -0.2) is 39.7 Å². The maximum Gasteiger partial charge on any atom is 0.257 e. The summed E-state index contributed by atoms with van der Waals surface area (Å²) in [6.45, 7) is 5.90. The Balaban J connectivity index is 1.34. The van der Waals surface area contributed by atoms with E-state index >= 15 is 0 Å². The fourth-order valence-electron chi connectivity index (χ4n) is 3.73. The lowest BCUT2D eigenvalue weighted by atomic mass is 10.0. The molecule has 156 valence electrons. The number of pyridine rings is 2. The topological polar surface area (TPSA) is 82.1 Å². The van der Waals surface area contributed by atoms with E-state index in [-0.39, 0.29) is 5.92 Å². The smallest absolute Gasteiger partial charge is 0.257 e. The molecule has 0 radical (unpaired) electrons. The molecule has 0 spiro atoms. The number of aryl methyl sites for hydroxylation is 1. The van der Waals surface area contributed by atoms with Gasteiger partial charge in [-0.05, 0) is 31.2 Å². The van der Waals surface area contributed by atoms with Crippen molar-refractivity contribution in [2.75, 3.05) is 25.1 Å². The summed E-state index contributed by atoms with van der Waals surface area (Å²) in [6, 6.07) is 14.2. The van der Waals surface area contributed by atoms with Gasteiger partial charge in [0.15, 0.2) is 5.75 Å². The number of hydrogen-bond donors (Lipinski definition) is 1. The van der Waals surface area contributed by atoms with Crippen LogP contribution in [0.4, 0.5) is 5.82 Å². The van der Waals surface area contributed by atoms with Gasteiger partial charge in [-0.25, -0.2) is 15.0 Å². The van der Waals surface area contributed by atoms with Crippen LogP contribution in [0.5, 0.6) is 11.6 Å². The van der Waals surface area contributed by atoms with Gasteiger partial charge in [0.05, 0.1) is 11.2 Å². The third-order valence-electron chi connectivity index (χ3n) is 5.38. The van der Waals surface area contributed by atoms with Gasteiger partial charge in [-0.1, -0.05) is 19.1 Å². The molecular weight excluding hydrogens is 390 g/mol. The lowest BCUT2D eigenvalue weighted by Crippen LogP contribution is -2.19. The van der Waals surface area contributed by atoms with Crippen molar-refractivity contribution in [3.05, 3.63) is 66.2 Å². The third-order valence-corrected chi connectivity index (χ3v) is 5.38. The van der Waals surface area contributed by atoms with E-state index in [1.165, 1.54) is 0 Å². The van der Waals surface area contributed by atoms with Crippen LogP contribution in [0.3, 0.4) is 0 Å². The minimum Gasteiger partial charge on any atom is -0.484 e. The fourth-order valence-corrected chi connectivity index (χ4v) is 3.73. The molecule has 5 rings (SSSR count). The molecule has 1 atom stereocenters. The van der Waals surface area contributed by atoms with Crippen molar-refractivity contribution in [3.63, 3.8) is 0 Å². The van der Waals surface area contributed by atoms with E-state index in [9.17, 15) is 0 Å². The van der Waals surface area contributed by atoms with Crippen LogP contribution in [-0.2, 0) is 0 Å². The molecule has 3 aromatic heterocycles. The second-order valence-corrected chi connectivity index (χ2v) is 7.66. The Morgan fingerprint density at radius 2 is 1.90 bits per heavy atom. The highest BCUT2D eigenvalue weighted by atomic mass is 16.6. The van der Waals surface area contributed by atoms with E-state index in [1.807, 2.05) is 37.3 Å². The highest BCUT2D eigenvalue weighted by Crippen LogP contribution is 2.35. The average molecular weight is 413 g/mol. The van der Waals surface area contributed by atoms with Crippen molar-refractivity contribution < 1.29 is 9.47 Å². The Bertz CT molecular complexity index is 1240. The summed E-state index contributed by atoms with van der Waals surface area (Å²) < 4.78 is 11.4. The first-order valence-electron chi connectivity index (χ1n) is 10.4. The standard InChI is InChI=1S/C24H23N5O2/c1-15(19-7-8-25-24-23(19)30-9-10-31-24)13-26-22-12-21(27-14-28-22)18-5-6-20-17(11-18)4-3-16(2)29-20/h3-8,11-12,14-15H,9-10,13H2,1-2H3,(H,26,27,28)/t15-/m1/s1. The number of hydrogen-bond acceptors (Lipinski definition) is 7. The molecular formula is C24H23N5O2. The van der Waals surface area contributed by atoms with Crippen molar-refractivity contribution in [2.45, 2.75) is 19.8 Å². The number of aromatic nitrogens is 4. The van der Waals surface area contributed by atoms with Crippen LogP contribution in [0.1, 0.15) is 24.1 Å². The van der Waals surface area contributed by atoms with Gasteiger partial charge in [-0.2, -0.15) is 0 Å². The van der Waals surface area contributed by atoms with E-state index in [4.69, 9.17) is 9.47 Å². The van der Waals surface area contributed by atoms with Crippen molar-refractivity contribution in [1.82, 2.24) is 19.9 Å². The van der Waals surface area contributed by atoms with Gasteiger partial charge in [0, 0.05) is 46.9 Å². The first-order valence-corrected chi connectivity index (χ1v) is 10.4. The molecule has 1 aliphatic rings. The maximum atomic E-state index is 5.80. The second-order valence-electron chi connectivity index (χ2n) is 7.66. The van der Waals surface area contributed by atoms with Gasteiger partial charge in [0.2, 0.25) is 0 Å². The predicted octanol–water partition coefficient (Wildman–Crippen LogP) is 4.38.